The fourth-order valence-corrected chi connectivity index (χ4v) is 3.77. The van der Waals surface area contributed by atoms with Gasteiger partial charge in [0, 0.05) is 17.7 Å². The summed E-state index contributed by atoms with van der Waals surface area (Å²) >= 11 is 0. The van der Waals surface area contributed by atoms with Gasteiger partial charge in [-0.2, -0.15) is 5.10 Å². The third-order valence-corrected chi connectivity index (χ3v) is 5.68. The van der Waals surface area contributed by atoms with Gasteiger partial charge >= 0.3 is 0 Å². The zero-order chi connectivity index (χ0) is 25.5. The molecule has 0 aliphatic carbocycles. The van der Waals surface area contributed by atoms with E-state index >= 15 is 0 Å². The molecule has 0 unspecified atom stereocenters. The zero-order valence-electron chi connectivity index (χ0n) is 20.5. The van der Waals surface area contributed by atoms with Crippen LogP contribution in [0.3, 0.4) is 0 Å². The number of hydrogen-bond donors (Lipinski definition) is 1. The Bertz CT molecular complexity index is 1300. The van der Waals surface area contributed by atoms with Crippen molar-refractivity contribution in [1.29, 1.82) is 0 Å². The molecule has 0 bridgehead atoms. The van der Waals surface area contributed by atoms with Crippen molar-refractivity contribution in [2.75, 3.05) is 19.5 Å². The third-order valence-electron chi connectivity index (χ3n) is 5.68. The highest BCUT2D eigenvalue weighted by molar-refractivity contribution is 5.90. The molecule has 1 heterocycles. The molecule has 1 N–H and O–H groups in total. The number of methoxy groups -OCH3 is 2. The molecule has 0 saturated carbocycles. The second-order valence-corrected chi connectivity index (χ2v) is 8.03. The van der Waals surface area contributed by atoms with Crippen molar-refractivity contribution in [2.45, 2.75) is 26.2 Å². The van der Waals surface area contributed by atoms with Gasteiger partial charge in [0.1, 0.15) is 23.1 Å². The number of amides is 1. The first-order valence-corrected chi connectivity index (χ1v) is 11.6. The van der Waals surface area contributed by atoms with Crippen molar-refractivity contribution in [1.82, 2.24) is 9.78 Å². The molecule has 3 aromatic carbocycles. The number of ether oxygens (including phenoxy) is 3. The van der Waals surface area contributed by atoms with Gasteiger partial charge < -0.3 is 19.5 Å². The van der Waals surface area contributed by atoms with Crippen LogP contribution in [0, 0.1) is 5.82 Å². The van der Waals surface area contributed by atoms with E-state index in [-0.39, 0.29) is 18.1 Å². The molecule has 0 aliphatic rings. The molecule has 8 heteroatoms. The number of carbonyl (C=O) groups excluding carboxylic acids is 1. The lowest BCUT2D eigenvalue weighted by molar-refractivity contribution is -0.116. The van der Waals surface area contributed by atoms with Gasteiger partial charge in [-0.25, -0.2) is 9.07 Å². The van der Waals surface area contributed by atoms with Crippen LogP contribution in [0.25, 0.3) is 5.69 Å². The van der Waals surface area contributed by atoms with E-state index < -0.39 is 0 Å². The lowest BCUT2D eigenvalue weighted by atomic mass is 10.1. The second-order valence-electron chi connectivity index (χ2n) is 8.03. The summed E-state index contributed by atoms with van der Waals surface area (Å²) in [4.78, 5) is 12.7. The van der Waals surface area contributed by atoms with E-state index in [4.69, 9.17) is 19.3 Å². The van der Waals surface area contributed by atoms with Crippen LogP contribution in [0.15, 0.2) is 72.8 Å². The number of nitrogens with one attached hydrogen (secondary N) is 1. The maximum absolute atomic E-state index is 13.2. The molecule has 0 fully saturated rings. The Kier molecular flexibility index (Phi) is 7.85. The Balaban J connectivity index is 1.64. The summed E-state index contributed by atoms with van der Waals surface area (Å²) in [5.74, 6) is 2.07. The first-order valence-electron chi connectivity index (χ1n) is 11.6. The molecule has 0 atom stereocenters. The topological polar surface area (TPSA) is 74.6 Å². The molecule has 36 heavy (non-hydrogen) atoms. The highest BCUT2D eigenvalue weighted by Gasteiger charge is 2.21. The van der Waals surface area contributed by atoms with Gasteiger partial charge in [0.05, 0.1) is 25.6 Å². The predicted octanol–water partition coefficient (Wildman–Crippen LogP) is 5.95. The summed E-state index contributed by atoms with van der Waals surface area (Å²) < 4.78 is 31.8. The van der Waals surface area contributed by atoms with Gasteiger partial charge in [0.2, 0.25) is 11.8 Å². The Labute approximate surface area is 209 Å². The van der Waals surface area contributed by atoms with Crippen LogP contribution in [0.2, 0.25) is 0 Å². The molecule has 0 aliphatic heterocycles. The van der Waals surface area contributed by atoms with Crippen LogP contribution in [0.5, 0.6) is 23.1 Å². The van der Waals surface area contributed by atoms with E-state index in [1.54, 1.807) is 18.9 Å². The van der Waals surface area contributed by atoms with Gasteiger partial charge in [-0.05, 0) is 85.6 Å². The molecule has 7 nitrogen and oxygen atoms in total. The summed E-state index contributed by atoms with van der Waals surface area (Å²) in [6.45, 7) is 2.01. The monoisotopic (exact) mass is 489 g/mol. The standard InChI is InChI=1S/C28H28FN3O4/c1-4-26-25(17-18-27(33)30-20-7-5-19(29)6-8-20)28(36-24-15-13-23(35-3)14-16-24)32(31-26)21-9-11-22(34-2)12-10-21/h5-16H,4,17-18H2,1-3H3,(H,30,33). The molecule has 1 aromatic heterocycles. The molecule has 4 rings (SSSR count). The largest absolute Gasteiger partial charge is 0.497 e. The first kappa shape index (κ1) is 24.8. The molecular weight excluding hydrogens is 461 g/mol. The van der Waals surface area contributed by atoms with Crippen molar-refractivity contribution >= 4 is 11.6 Å². The Hall–Kier alpha value is -4.33. The number of carbonyl (C=O) groups is 1. The predicted molar refractivity (Wildman–Crippen MR) is 136 cm³/mol. The quantitative estimate of drug-likeness (QED) is 0.298. The van der Waals surface area contributed by atoms with Gasteiger partial charge in [0.25, 0.3) is 0 Å². The van der Waals surface area contributed by atoms with Crippen molar-refractivity contribution in [3.8, 4) is 28.8 Å². The number of benzene rings is 3. The molecule has 1 amide bonds. The summed E-state index contributed by atoms with van der Waals surface area (Å²) in [5.41, 5.74) is 3.03. The minimum Gasteiger partial charge on any atom is -0.497 e. The van der Waals surface area contributed by atoms with Crippen molar-refractivity contribution in [2.24, 2.45) is 0 Å². The number of aromatic nitrogens is 2. The van der Waals surface area contributed by atoms with Gasteiger partial charge in [0.15, 0.2) is 0 Å². The maximum Gasteiger partial charge on any atom is 0.226 e. The number of anilines is 1. The highest BCUT2D eigenvalue weighted by atomic mass is 19.1. The zero-order valence-corrected chi connectivity index (χ0v) is 20.5. The number of halogens is 1. The SMILES string of the molecule is CCc1nn(-c2ccc(OC)cc2)c(Oc2ccc(OC)cc2)c1CCC(=O)Nc1ccc(F)cc1. The van der Waals surface area contributed by atoms with E-state index in [0.717, 1.165) is 28.4 Å². The van der Waals surface area contributed by atoms with Crippen molar-refractivity contribution in [3.05, 3.63) is 89.9 Å². The Morgan fingerprint density at radius 3 is 2.06 bits per heavy atom. The van der Waals surface area contributed by atoms with Gasteiger partial charge in [-0.3, -0.25) is 4.79 Å². The van der Waals surface area contributed by atoms with E-state index in [9.17, 15) is 9.18 Å². The van der Waals surface area contributed by atoms with Crippen LogP contribution in [0.4, 0.5) is 10.1 Å². The maximum atomic E-state index is 13.2. The van der Waals surface area contributed by atoms with Crippen LogP contribution in [0.1, 0.15) is 24.6 Å². The lowest BCUT2D eigenvalue weighted by Crippen LogP contribution is -2.12. The number of nitrogens with zero attached hydrogens (tertiary/aromatic N) is 2. The van der Waals surface area contributed by atoms with E-state index in [0.29, 0.717) is 30.2 Å². The van der Waals surface area contributed by atoms with Crippen molar-refractivity contribution in [3.63, 3.8) is 0 Å². The second kappa shape index (κ2) is 11.4. The third kappa shape index (κ3) is 5.83. The van der Waals surface area contributed by atoms with Gasteiger partial charge in [-0.1, -0.05) is 6.92 Å². The van der Waals surface area contributed by atoms with E-state index in [2.05, 4.69) is 5.32 Å². The number of aryl methyl sites for hydroxylation is 1. The Morgan fingerprint density at radius 1 is 0.889 bits per heavy atom. The normalized spacial score (nSPS) is 10.7. The number of hydrogen-bond acceptors (Lipinski definition) is 5. The summed E-state index contributed by atoms with van der Waals surface area (Å²) in [5, 5.41) is 7.62. The van der Waals surface area contributed by atoms with Crippen molar-refractivity contribution < 1.29 is 23.4 Å². The minimum atomic E-state index is -0.355. The molecule has 0 radical (unpaired) electrons. The Morgan fingerprint density at radius 2 is 1.47 bits per heavy atom. The molecular formula is C28H28FN3O4. The molecule has 4 aromatic rings. The summed E-state index contributed by atoms with van der Waals surface area (Å²) in [6.07, 6.45) is 1.28. The smallest absolute Gasteiger partial charge is 0.226 e. The van der Waals surface area contributed by atoms with Crippen LogP contribution >= 0.6 is 0 Å². The van der Waals surface area contributed by atoms with E-state index in [1.807, 2.05) is 55.5 Å². The average molecular weight is 490 g/mol. The first-order chi connectivity index (χ1) is 17.5. The van der Waals surface area contributed by atoms with Crippen LogP contribution < -0.4 is 19.5 Å². The summed E-state index contributed by atoms with van der Waals surface area (Å²) in [6, 6.07) is 20.5. The fraction of sp³-hybridized carbons (Fsp3) is 0.214. The van der Waals surface area contributed by atoms with Crippen LogP contribution in [-0.4, -0.2) is 29.9 Å². The molecule has 0 spiro atoms. The summed E-state index contributed by atoms with van der Waals surface area (Å²) in [7, 11) is 3.22. The minimum absolute atomic E-state index is 0.184. The average Bonchev–Trinajstić information content (AvgIpc) is 3.26. The van der Waals surface area contributed by atoms with E-state index in [1.165, 1.54) is 24.3 Å². The molecule has 0 saturated heterocycles. The highest BCUT2D eigenvalue weighted by Crippen LogP contribution is 2.33. The lowest BCUT2D eigenvalue weighted by Gasteiger charge is -2.12. The van der Waals surface area contributed by atoms with Gasteiger partial charge in [-0.15, -0.1) is 0 Å². The number of rotatable bonds is 10. The fourth-order valence-electron chi connectivity index (χ4n) is 3.77. The molecule has 186 valence electrons. The van der Waals surface area contributed by atoms with Crippen LogP contribution in [-0.2, 0) is 17.6 Å².